The van der Waals surface area contributed by atoms with E-state index in [1.807, 2.05) is 12.1 Å². The van der Waals surface area contributed by atoms with E-state index in [0.717, 1.165) is 11.1 Å². The number of ketones is 1. The molecule has 0 unspecified atom stereocenters. The van der Waals surface area contributed by atoms with Gasteiger partial charge in [0.1, 0.15) is 5.82 Å². The summed E-state index contributed by atoms with van der Waals surface area (Å²) in [6, 6.07) is 16.6. The summed E-state index contributed by atoms with van der Waals surface area (Å²) >= 11 is 0. The Balaban J connectivity index is 1.73. The van der Waals surface area contributed by atoms with Crippen molar-refractivity contribution in [3.05, 3.63) is 83.7 Å². The van der Waals surface area contributed by atoms with Crippen molar-refractivity contribution in [1.82, 2.24) is 0 Å². The van der Waals surface area contributed by atoms with E-state index in [2.05, 4.69) is 4.72 Å². The molecule has 25 heavy (non-hydrogen) atoms. The molecule has 4 nitrogen and oxygen atoms in total. The highest BCUT2D eigenvalue weighted by molar-refractivity contribution is 7.92. The van der Waals surface area contributed by atoms with E-state index in [9.17, 15) is 17.6 Å². The minimum absolute atomic E-state index is 0.0169. The monoisotopic (exact) mass is 353 g/mol. The first kappa shape index (κ1) is 15.5. The lowest BCUT2D eigenvalue weighted by Gasteiger charge is -2.09. The molecule has 1 aliphatic carbocycles. The number of anilines is 1. The summed E-state index contributed by atoms with van der Waals surface area (Å²) in [4.78, 5) is 12.5. The van der Waals surface area contributed by atoms with E-state index < -0.39 is 15.8 Å². The molecule has 1 aliphatic rings. The van der Waals surface area contributed by atoms with Gasteiger partial charge in [-0.3, -0.25) is 9.52 Å². The van der Waals surface area contributed by atoms with Crippen molar-refractivity contribution in [2.24, 2.45) is 0 Å². The maximum atomic E-state index is 13.0. The van der Waals surface area contributed by atoms with Crippen LogP contribution in [0.3, 0.4) is 0 Å². The summed E-state index contributed by atoms with van der Waals surface area (Å²) in [6.07, 6.45) is 0. The van der Waals surface area contributed by atoms with Gasteiger partial charge in [-0.1, -0.05) is 30.3 Å². The third-order valence-electron chi connectivity index (χ3n) is 4.10. The van der Waals surface area contributed by atoms with E-state index in [-0.39, 0.29) is 16.4 Å². The molecule has 3 aromatic rings. The van der Waals surface area contributed by atoms with Gasteiger partial charge in [0.15, 0.2) is 5.78 Å². The number of carbonyl (C=O) groups is 1. The lowest BCUT2D eigenvalue weighted by molar-refractivity contribution is 0.104. The molecule has 0 spiro atoms. The summed E-state index contributed by atoms with van der Waals surface area (Å²) < 4.78 is 40.4. The largest absolute Gasteiger partial charge is 0.289 e. The minimum atomic E-state index is -3.88. The molecule has 0 saturated carbocycles. The number of carbonyl (C=O) groups excluding carboxylic acids is 1. The SMILES string of the molecule is O=C1c2ccccc2-c2ccc(S(=O)(=O)Nc3ccc(F)cc3)cc21. The highest BCUT2D eigenvalue weighted by Gasteiger charge is 2.28. The first-order chi connectivity index (χ1) is 12.0. The van der Waals surface area contributed by atoms with Crippen LogP contribution in [0.5, 0.6) is 0 Å². The third kappa shape index (κ3) is 2.60. The highest BCUT2D eigenvalue weighted by Crippen LogP contribution is 2.37. The smallest absolute Gasteiger partial charge is 0.261 e. The number of sulfonamides is 1. The molecule has 3 aromatic carbocycles. The van der Waals surface area contributed by atoms with Crippen molar-refractivity contribution in [1.29, 1.82) is 0 Å². The van der Waals surface area contributed by atoms with Gasteiger partial charge >= 0.3 is 0 Å². The zero-order valence-corrected chi connectivity index (χ0v) is 13.7. The maximum absolute atomic E-state index is 13.0. The van der Waals surface area contributed by atoms with Gasteiger partial charge in [0, 0.05) is 16.8 Å². The quantitative estimate of drug-likeness (QED) is 0.609. The van der Waals surface area contributed by atoms with Gasteiger partial charge in [0.2, 0.25) is 0 Å². The van der Waals surface area contributed by atoms with Crippen LogP contribution in [-0.2, 0) is 10.0 Å². The molecule has 6 heteroatoms. The Morgan fingerprint density at radius 1 is 0.760 bits per heavy atom. The van der Waals surface area contributed by atoms with Crippen LogP contribution in [0.25, 0.3) is 11.1 Å². The Morgan fingerprint density at radius 2 is 1.40 bits per heavy atom. The fraction of sp³-hybridized carbons (Fsp3) is 0. The van der Waals surface area contributed by atoms with Crippen molar-refractivity contribution in [3.8, 4) is 11.1 Å². The van der Waals surface area contributed by atoms with Gasteiger partial charge in [-0.15, -0.1) is 0 Å². The van der Waals surface area contributed by atoms with Crippen molar-refractivity contribution in [2.75, 3.05) is 4.72 Å². The number of hydrogen-bond donors (Lipinski definition) is 1. The lowest BCUT2D eigenvalue weighted by Crippen LogP contribution is -2.13. The number of fused-ring (bicyclic) bond motifs is 3. The molecule has 0 bridgehead atoms. The van der Waals surface area contributed by atoms with Crippen LogP contribution >= 0.6 is 0 Å². The second kappa shape index (κ2) is 5.53. The zero-order valence-electron chi connectivity index (χ0n) is 12.9. The fourth-order valence-corrected chi connectivity index (χ4v) is 3.99. The first-order valence-corrected chi connectivity index (χ1v) is 9.00. The molecule has 0 saturated heterocycles. The average molecular weight is 353 g/mol. The predicted molar refractivity (Wildman–Crippen MR) is 92.5 cm³/mol. The number of rotatable bonds is 3. The maximum Gasteiger partial charge on any atom is 0.261 e. The van der Waals surface area contributed by atoms with Crippen LogP contribution < -0.4 is 4.72 Å². The Bertz CT molecular complexity index is 1110. The van der Waals surface area contributed by atoms with Crippen LogP contribution in [0.2, 0.25) is 0 Å². The molecule has 124 valence electrons. The highest BCUT2D eigenvalue weighted by atomic mass is 32.2. The molecule has 4 rings (SSSR count). The Morgan fingerprint density at radius 3 is 2.12 bits per heavy atom. The normalized spacial score (nSPS) is 12.6. The van der Waals surface area contributed by atoms with Gasteiger partial charge in [-0.05, 0) is 47.5 Å². The fourth-order valence-electron chi connectivity index (χ4n) is 2.91. The standard InChI is InChI=1S/C19H12FNO3S/c20-12-5-7-13(8-6-12)21-25(23,24)14-9-10-16-15-3-1-2-4-17(15)19(22)18(16)11-14/h1-11,21H. The van der Waals surface area contributed by atoms with Crippen LogP contribution in [0.15, 0.2) is 71.6 Å². The molecule has 1 N–H and O–H groups in total. The van der Waals surface area contributed by atoms with Crippen LogP contribution in [0, 0.1) is 5.82 Å². The summed E-state index contributed by atoms with van der Waals surface area (Å²) in [5, 5.41) is 0. The third-order valence-corrected chi connectivity index (χ3v) is 5.48. The molecular weight excluding hydrogens is 341 g/mol. The van der Waals surface area contributed by atoms with Crippen molar-refractivity contribution in [2.45, 2.75) is 4.90 Å². The van der Waals surface area contributed by atoms with Crippen molar-refractivity contribution in [3.63, 3.8) is 0 Å². The Hall–Kier alpha value is -2.99. The average Bonchev–Trinajstić information content (AvgIpc) is 2.90. The summed E-state index contributed by atoms with van der Waals surface area (Å²) in [7, 11) is -3.88. The molecule has 0 fully saturated rings. The lowest BCUT2D eigenvalue weighted by atomic mass is 10.1. The second-order valence-corrected chi connectivity index (χ2v) is 7.38. The van der Waals surface area contributed by atoms with Crippen LogP contribution in [0.4, 0.5) is 10.1 Å². The van der Waals surface area contributed by atoms with E-state index in [4.69, 9.17) is 0 Å². The molecule has 0 aliphatic heterocycles. The van der Waals surface area contributed by atoms with E-state index in [1.54, 1.807) is 18.2 Å². The summed E-state index contributed by atoms with van der Waals surface area (Å²) in [5.41, 5.74) is 2.71. The number of benzene rings is 3. The molecule has 0 amide bonds. The van der Waals surface area contributed by atoms with Gasteiger partial charge in [-0.2, -0.15) is 0 Å². The summed E-state index contributed by atoms with van der Waals surface area (Å²) in [5.74, 6) is -0.645. The molecule has 0 radical (unpaired) electrons. The Kier molecular flexibility index (Phi) is 3.43. The van der Waals surface area contributed by atoms with Gasteiger partial charge < -0.3 is 0 Å². The van der Waals surface area contributed by atoms with E-state index in [1.165, 1.54) is 36.4 Å². The predicted octanol–water partition coefficient (Wildman–Crippen LogP) is 3.84. The summed E-state index contributed by atoms with van der Waals surface area (Å²) in [6.45, 7) is 0. The molecule has 0 heterocycles. The Labute approximate surface area is 144 Å². The molecule has 0 aromatic heterocycles. The molecular formula is C19H12FNO3S. The van der Waals surface area contributed by atoms with E-state index in [0.29, 0.717) is 11.1 Å². The van der Waals surface area contributed by atoms with Crippen molar-refractivity contribution < 1.29 is 17.6 Å². The van der Waals surface area contributed by atoms with Gasteiger partial charge in [-0.25, -0.2) is 12.8 Å². The topological polar surface area (TPSA) is 63.2 Å². The zero-order chi connectivity index (χ0) is 17.6. The van der Waals surface area contributed by atoms with Gasteiger partial charge in [0.05, 0.1) is 4.90 Å². The number of halogens is 1. The van der Waals surface area contributed by atoms with Crippen LogP contribution in [-0.4, -0.2) is 14.2 Å². The van der Waals surface area contributed by atoms with Gasteiger partial charge in [0.25, 0.3) is 10.0 Å². The number of nitrogens with one attached hydrogen (secondary N) is 1. The minimum Gasteiger partial charge on any atom is -0.289 e. The first-order valence-electron chi connectivity index (χ1n) is 7.52. The van der Waals surface area contributed by atoms with Crippen LogP contribution in [0.1, 0.15) is 15.9 Å². The number of hydrogen-bond acceptors (Lipinski definition) is 3. The molecule has 0 atom stereocenters. The van der Waals surface area contributed by atoms with Crippen molar-refractivity contribution >= 4 is 21.5 Å². The van der Waals surface area contributed by atoms with E-state index >= 15 is 0 Å². The second-order valence-electron chi connectivity index (χ2n) is 5.69.